The van der Waals surface area contributed by atoms with Crippen LogP contribution in [-0.2, 0) is 4.74 Å². The summed E-state index contributed by atoms with van der Waals surface area (Å²) in [6, 6.07) is 5.64. The molecule has 0 aliphatic carbocycles. The molecule has 2 amide bonds. The molecule has 1 aliphatic rings. The molecule has 1 heterocycles. The summed E-state index contributed by atoms with van der Waals surface area (Å²) >= 11 is 0. The third kappa shape index (κ3) is 5.80. The normalized spacial score (nSPS) is 16.0. The van der Waals surface area contributed by atoms with E-state index in [9.17, 15) is 4.79 Å². The molecule has 1 atom stereocenters. The van der Waals surface area contributed by atoms with E-state index in [1.165, 1.54) is 0 Å². The maximum Gasteiger partial charge on any atom is 0.317 e. The van der Waals surface area contributed by atoms with Crippen LogP contribution in [0.25, 0.3) is 0 Å². The Hall–Kier alpha value is -1.95. The molecule has 1 fully saturated rings. The van der Waals surface area contributed by atoms with Gasteiger partial charge in [0, 0.05) is 26.8 Å². The van der Waals surface area contributed by atoms with Crippen LogP contribution in [0.4, 0.5) is 4.79 Å². The Bertz CT molecular complexity index is 573. The molecule has 2 rings (SSSR count). The van der Waals surface area contributed by atoms with E-state index in [4.69, 9.17) is 14.2 Å². The van der Waals surface area contributed by atoms with Gasteiger partial charge < -0.3 is 24.4 Å². The molecule has 146 valence electrons. The van der Waals surface area contributed by atoms with Crippen molar-refractivity contribution in [3.8, 4) is 11.5 Å². The van der Waals surface area contributed by atoms with Crippen LogP contribution in [0.2, 0.25) is 0 Å². The van der Waals surface area contributed by atoms with Crippen molar-refractivity contribution in [3.05, 3.63) is 23.8 Å². The Kier molecular flexibility index (Phi) is 8.04. The number of hydrogen-bond acceptors (Lipinski definition) is 4. The highest BCUT2D eigenvalue weighted by Gasteiger charge is 2.20. The van der Waals surface area contributed by atoms with Crippen molar-refractivity contribution in [3.63, 3.8) is 0 Å². The number of nitrogens with zero attached hydrogens (tertiary/aromatic N) is 1. The summed E-state index contributed by atoms with van der Waals surface area (Å²) < 4.78 is 16.7. The second-order valence-corrected chi connectivity index (χ2v) is 6.68. The first kappa shape index (κ1) is 20.4. The summed E-state index contributed by atoms with van der Waals surface area (Å²) in [4.78, 5) is 14.3. The summed E-state index contributed by atoms with van der Waals surface area (Å²) in [5.74, 6) is 1.96. The van der Waals surface area contributed by atoms with E-state index in [-0.39, 0.29) is 12.1 Å². The molecule has 0 spiro atoms. The highest BCUT2D eigenvalue weighted by Crippen LogP contribution is 2.30. The van der Waals surface area contributed by atoms with Gasteiger partial charge in [-0.1, -0.05) is 6.07 Å². The monoisotopic (exact) mass is 364 g/mol. The molecule has 6 nitrogen and oxygen atoms in total. The van der Waals surface area contributed by atoms with E-state index < -0.39 is 0 Å². The highest BCUT2D eigenvalue weighted by atomic mass is 16.5. The van der Waals surface area contributed by atoms with E-state index in [1.54, 1.807) is 4.90 Å². The molecule has 1 aliphatic heterocycles. The Labute approximate surface area is 156 Å². The van der Waals surface area contributed by atoms with Crippen molar-refractivity contribution < 1.29 is 19.0 Å². The zero-order valence-corrected chi connectivity index (χ0v) is 16.4. The Morgan fingerprint density at radius 2 is 1.88 bits per heavy atom. The lowest BCUT2D eigenvalue weighted by atomic mass is 10.00. The van der Waals surface area contributed by atoms with Crippen LogP contribution in [-0.4, -0.2) is 51.0 Å². The fourth-order valence-electron chi connectivity index (χ4n) is 3.11. The SMILES string of the molecule is CCOc1ccc([C@H](C)NC(=O)N(C)CC2CCOCC2)cc1OCC. The third-order valence-corrected chi connectivity index (χ3v) is 4.63. The lowest BCUT2D eigenvalue weighted by molar-refractivity contribution is 0.0585. The summed E-state index contributed by atoms with van der Waals surface area (Å²) in [6.45, 7) is 9.37. The Morgan fingerprint density at radius 1 is 1.23 bits per heavy atom. The zero-order valence-electron chi connectivity index (χ0n) is 16.4. The standard InChI is InChI=1S/C20H32N2O4/c1-5-25-18-8-7-17(13-19(18)26-6-2)15(3)21-20(23)22(4)14-16-9-11-24-12-10-16/h7-8,13,15-16H,5-6,9-12,14H2,1-4H3,(H,21,23)/t15-/m0/s1. The number of urea groups is 1. The smallest absolute Gasteiger partial charge is 0.317 e. The van der Waals surface area contributed by atoms with Gasteiger partial charge in [-0.3, -0.25) is 0 Å². The van der Waals surface area contributed by atoms with Gasteiger partial charge in [0.15, 0.2) is 11.5 Å². The highest BCUT2D eigenvalue weighted by molar-refractivity contribution is 5.74. The molecule has 0 aromatic heterocycles. The number of carbonyl (C=O) groups is 1. The van der Waals surface area contributed by atoms with Crippen LogP contribution in [0.5, 0.6) is 11.5 Å². The van der Waals surface area contributed by atoms with Gasteiger partial charge in [-0.2, -0.15) is 0 Å². The average molecular weight is 364 g/mol. The number of hydrogen-bond donors (Lipinski definition) is 1. The summed E-state index contributed by atoms with van der Waals surface area (Å²) in [5, 5.41) is 3.07. The lowest BCUT2D eigenvalue weighted by Gasteiger charge is -2.28. The van der Waals surface area contributed by atoms with E-state index in [1.807, 2.05) is 46.0 Å². The van der Waals surface area contributed by atoms with Gasteiger partial charge in [-0.05, 0) is 57.2 Å². The number of carbonyl (C=O) groups excluding carboxylic acids is 1. The predicted molar refractivity (Wildman–Crippen MR) is 102 cm³/mol. The Balaban J connectivity index is 1.95. The van der Waals surface area contributed by atoms with Crippen LogP contribution >= 0.6 is 0 Å². The van der Waals surface area contributed by atoms with Crippen LogP contribution in [0.1, 0.15) is 45.2 Å². The maximum atomic E-state index is 12.5. The van der Waals surface area contributed by atoms with Gasteiger partial charge in [0.25, 0.3) is 0 Å². The van der Waals surface area contributed by atoms with Gasteiger partial charge in [-0.25, -0.2) is 4.79 Å². The fraction of sp³-hybridized carbons (Fsp3) is 0.650. The molecule has 26 heavy (non-hydrogen) atoms. The lowest BCUT2D eigenvalue weighted by Crippen LogP contribution is -2.41. The van der Waals surface area contributed by atoms with Crippen LogP contribution < -0.4 is 14.8 Å². The minimum absolute atomic E-state index is 0.0594. The summed E-state index contributed by atoms with van der Waals surface area (Å²) in [6.07, 6.45) is 2.04. The van der Waals surface area contributed by atoms with Crippen molar-refractivity contribution >= 4 is 6.03 Å². The largest absolute Gasteiger partial charge is 0.490 e. The van der Waals surface area contributed by atoms with Gasteiger partial charge in [0.2, 0.25) is 0 Å². The molecule has 1 saturated heterocycles. The molecule has 0 saturated carbocycles. The summed E-state index contributed by atoms with van der Waals surface area (Å²) in [7, 11) is 1.85. The molecule has 0 radical (unpaired) electrons. The van der Waals surface area contributed by atoms with Crippen molar-refractivity contribution in [1.29, 1.82) is 0 Å². The first-order valence-electron chi connectivity index (χ1n) is 9.54. The second kappa shape index (κ2) is 10.3. The number of nitrogens with one attached hydrogen (secondary N) is 1. The van der Waals surface area contributed by atoms with E-state index in [2.05, 4.69) is 5.32 Å². The van der Waals surface area contributed by atoms with Gasteiger partial charge in [0.05, 0.1) is 19.3 Å². The molecule has 1 N–H and O–H groups in total. The number of amides is 2. The quantitative estimate of drug-likeness (QED) is 0.765. The van der Waals surface area contributed by atoms with Crippen molar-refractivity contribution in [2.75, 3.05) is 40.0 Å². The molecule has 6 heteroatoms. The van der Waals surface area contributed by atoms with Crippen LogP contribution in [0.15, 0.2) is 18.2 Å². The van der Waals surface area contributed by atoms with Gasteiger partial charge in [-0.15, -0.1) is 0 Å². The second-order valence-electron chi connectivity index (χ2n) is 6.68. The minimum atomic E-state index is -0.116. The van der Waals surface area contributed by atoms with Gasteiger partial charge >= 0.3 is 6.03 Å². The zero-order chi connectivity index (χ0) is 18.9. The van der Waals surface area contributed by atoms with Crippen LogP contribution in [0, 0.1) is 5.92 Å². The molecular formula is C20H32N2O4. The van der Waals surface area contributed by atoms with E-state index >= 15 is 0 Å². The molecule has 1 aromatic rings. The predicted octanol–water partition coefficient (Wildman–Crippen LogP) is 3.61. The van der Waals surface area contributed by atoms with Gasteiger partial charge in [0.1, 0.15) is 0 Å². The minimum Gasteiger partial charge on any atom is -0.490 e. The van der Waals surface area contributed by atoms with Crippen molar-refractivity contribution in [1.82, 2.24) is 10.2 Å². The first-order chi connectivity index (χ1) is 12.5. The third-order valence-electron chi connectivity index (χ3n) is 4.63. The van der Waals surface area contributed by atoms with E-state index in [0.29, 0.717) is 24.9 Å². The summed E-state index contributed by atoms with van der Waals surface area (Å²) in [5.41, 5.74) is 0.990. The average Bonchev–Trinajstić information content (AvgIpc) is 2.64. The molecule has 0 bridgehead atoms. The number of rotatable bonds is 8. The Morgan fingerprint density at radius 3 is 2.54 bits per heavy atom. The van der Waals surface area contributed by atoms with Crippen molar-refractivity contribution in [2.45, 2.75) is 39.7 Å². The molecular weight excluding hydrogens is 332 g/mol. The number of ether oxygens (including phenoxy) is 3. The first-order valence-corrected chi connectivity index (χ1v) is 9.54. The van der Waals surface area contributed by atoms with E-state index in [0.717, 1.165) is 43.9 Å². The maximum absolute atomic E-state index is 12.5. The van der Waals surface area contributed by atoms with Crippen LogP contribution in [0.3, 0.4) is 0 Å². The fourth-order valence-corrected chi connectivity index (χ4v) is 3.11. The topological polar surface area (TPSA) is 60.0 Å². The molecule has 1 aromatic carbocycles. The van der Waals surface area contributed by atoms with Crippen molar-refractivity contribution in [2.24, 2.45) is 5.92 Å². The number of benzene rings is 1. The molecule has 0 unspecified atom stereocenters.